The molecule has 3 heteroatoms. The molecule has 0 aliphatic heterocycles. The Balaban J connectivity index is 3.38. The summed E-state index contributed by atoms with van der Waals surface area (Å²) >= 11 is 0. The summed E-state index contributed by atoms with van der Waals surface area (Å²) in [7, 11) is 0. The Morgan fingerprint density at radius 3 is 2.64 bits per heavy atom. The van der Waals surface area contributed by atoms with Crippen LogP contribution in [0.3, 0.4) is 0 Å². The van der Waals surface area contributed by atoms with Gasteiger partial charge in [0.25, 0.3) is 0 Å². The van der Waals surface area contributed by atoms with Gasteiger partial charge in [0.15, 0.2) is 0 Å². The van der Waals surface area contributed by atoms with Gasteiger partial charge in [0.2, 0.25) is 0 Å². The smallest absolute Gasteiger partial charge is 0.144 e. The van der Waals surface area contributed by atoms with E-state index in [1.165, 1.54) is 6.20 Å². The third-order valence-electron chi connectivity index (χ3n) is 1.43. The minimum atomic E-state index is 0.323. The molecule has 0 atom stereocenters. The van der Waals surface area contributed by atoms with Crippen molar-refractivity contribution in [2.24, 2.45) is 0 Å². The summed E-state index contributed by atoms with van der Waals surface area (Å²) in [5, 5.41) is 17.1. The maximum atomic E-state index is 8.55. The van der Waals surface area contributed by atoms with Crippen molar-refractivity contribution in [3.63, 3.8) is 0 Å². The van der Waals surface area contributed by atoms with Crippen molar-refractivity contribution in [3.05, 3.63) is 29.1 Å². The fourth-order valence-corrected chi connectivity index (χ4v) is 0.770. The van der Waals surface area contributed by atoms with Crippen LogP contribution in [0.2, 0.25) is 0 Å². The molecule has 1 aromatic heterocycles. The summed E-state index contributed by atoms with van der Waals surface area (Å²) in [4.78, 5) is 3.79. The van der Waals surface area contributed by atoms with E-state index in [1.807, 2.05) is 12.1 Å². The van der Waals surface area contributed by atoms with Gasteiger partial charge in [0.05, 0.1) is 11.6 Å². The van der Waals surface area contributed by atoms with Crippen LogP contribution in [0.1, 0.15) is 16.8 Å². The zero-order valence-electron chi connectivity index (χ0n) is 6.00. The first-order valence-corrected chi connectivity index (χ1v) is 3.05. The third kappa shape index (κ3) is 1.17. The van der Waals surface area contributed by atoms with E-state index in [9.17, 15) is 0 Å². The van der Waals surface area contributed by atoms with Gasteiger partial charge in [0, 0.05) is 11.8 Å². The zero-order chi connectivity index (χ0) is 8.27. The second kappa shape index (κ2) is 2.81. The van der Waals surface area contributed by atoms with Crippen molar-refractivity contribution in [2.45, 2.75) is 6.92 Å². The van der Waals surface area contributed by atoms with Gasteiger partial charge in [-0.3, -0.25) is 0 Å². The van der Waals surface area contributed by atoms with Crippen LogP contribution in [0.15, 0.2) is 12.3 Å². The van der Waals surface area contributed by atoms with Gasteiger partial charge >= 0.3 is 0 Å². The quantitative estimate of drug-likeness (QED) is 0.547. The summed E-state index contributed by atoms with van der Waals surface area (Å²) < 4.78 is 0. The molecule has 1 heterocycles. The molecule has 0 amide bonds. The maximum absolute atomic E-state index is 8.55. The van der Waals surface area contributed by atoms with Crippen molar-refractivity contribution in [1.29, 1.82) is 10.5 Å². The Morgan fingerprint density at radius 2 is 2.09 bits per heavy atom. The normalized spacial score (nSPS) is 8.27. The lowest BCUT2D eigenvalue weighted by Crippen LogP contribution is -1.90. The highest BCUT2D eigenvalue weighted by molar-refractivity contribution is 5.42. The Labute approximate surface area is 64.5 Å². The molecule has 0 spiro atoms. The van der Waals surface area contributed by atoms with Crippen molar-refractivity contribution in [1.82, 2.24) is 4.98 Å². The molecule has 0 aliphatic rings. The predicted molar refractivity (Wildman–Crippen MR) is 38.4 cm³/mol. The Kier molecular flexibility index (Phi) is 1.85. The van der Waals surface area contributed by atoms with E-state index in [2.05, 4.69) is 4.98 Å². The fourth-order valence-electron chi connectivity index (χ4n) is 0.770. The molecule has 1 aromatic rings. The molecule has 0 bridgehead atoms. The van der Waals surface area contributed by atoms with Gasteiger partial charge in [-0.25, -0.2) is 4.98 Å². The largest absolute Gasteiger partial charge is 0.245 e. The van der Waals surface area contributed by atoms with Gasteiger partial charge in [-0.15, -0.1) is 0 Å². The number of nitriles is 2. The molecule has 0 fully saturated rings. The van der Waals surface area contributed by atoms with Gasteiger partial charge in [-0.05, 0) is 13.0 Å². The second-order valence-corrected chi connectivity index (χ2v) is 2.06. The molecular formula is C8H5N3. The molecule has 0 radical (unpaired) electrons. The van der Waals surface area contributed by atoms with Gasteiger partial charge in [0.1, 0.15) is 11.8 Å². The summed E-state index contributed by atoms with van der Waals surface area (Å²) in [5.74, 6) is 0. The molecule has 0 saturated carbocycles. The van der Waals surface area contributed by atoms with Crippen LogP contribution < -0.4 is 0 Å². The lowest BCUT2D eigenvalue weighted by Gasteiger charge is -1.95. The summed E-state index contributed by atoms with van der Waals surface area (Å²) in [5.41, 5.74) is 1.48. The number of aromatic nitrogens is 1. The molecule has 11 heavy (non-hydrogen) atoms. The van der Waals surface area contributed by atoms with E-state index in [1.54, 1.807) is 13.0 Å². The minimum Gasteiger partial charge on any atom is -0.245 e. The van der Waals surface area contributed by atoms with E-state index in [0.29, 0.717) is 16.8 Å². The number of nitrogens with zero attached hydrogens (tertiary/aromatic N) is 3. The van der Waals surface area contributed by atoms with Crippen molar-refractivity contribution >= 4 is 0 Å². The highest BCUT2D eigenvalue weighted by Crippen LogP contribution is 2.07. The van der Waals surface area contributed by atoms with Crippen LogP contribution >= 0.6 is 0 Å². The first kappa shape index (κ1) is 7.24. The first-order valence-electron chi connectivity index (χ1n) is 3.05. The van der Waals surface area contributed by atoms with E-state index >= 15 is 0 Å². The van der Waals surface area contributed by atoms with Crippen LogP contribution in [0, 0.1) is 29.6 Å². The van der Waals surface area contributed by atoms with Crippen molar-refractivity contribution < 1.29 is 0 Å². The second-order valence-electron chi connectivity index (χ2n) is 2.06. The lowest BCUT2D eigenvalue weighted by atomic mass is 10.1. The topological polar surface area (TPSA) is 60.5 Å². The lowest BCUT2D eigenvalue weighted by molar-refractivity contribution is 1.19. The van der Waals surface area contributed by atoms with Crippen molar-refractivity contribution in [2.75, 3.05) is 0 Å². The predicted octanol–water partition coefficient (Wildman–Crippen LogP) is 1.13. The maximum Gasteiger partial charge on any atom is 0.144 e. The highest BCUT2D eigenvalue weighted by Gasteiger charge is 2.01. The molecule has 0 unspecified atom stereocenters. The van der Waals surface area contributed by atoms with Gasteiger partial charge in [-0.1, -0.05) is 0 Å². The van der Waals surface area contributed by atoms with E-state index in [4.69, 9.17) is 10.5 Å². The SMILES string of the molecule is Cc1c(C#N)ccnc1C#N. The number of pyridine rings is 1. The standard InChI is InChI=1S/C8H5N3/c1-6-7(4-9)2-3-11-8(6)5-10/h2-3H,1H3. The van der Waals surface area contributed by atoms with Crippen LogP contribution in [0.5, 0.6) is 0 Å². The van der Waals surface area contributed by atoms with E-state index < -0.39 is 0 Å². The monoisotopic (exact) mass is 143 g/mol. The summed E-state index contributed by atoms with van der Waals surface area (Å²) in [6, 6.07) is 5.48. The van der Waals surface area contributed by atoms with E-state index in [0.717, 1.165) is 0 Å². The Hall–Kier alpha value is -1.87. The van der Waals surface area contributed by atoms with Crippen LogP contribution in [0.4, 0.5) is 0 Å². The molecule has 52 valence electrons. The van der Waals surface area contributed by atoms with Gasteiger partial charge < -0.3 is 0 Å². The highest BCUT2D eigenvalue weighted by atomic mass is 14.7. The first-order chi connectivity index (χ1) is 5.29. The van der Waals surface area contributed by atoms with Crippen LogP contribution in [-0.4, -0.2) is 4.98 Å². The Bertz CT molecular complexity index is 322. The fraction of sp³-hybridized carbons (Fsp3) is 0.125. The van der Waals surface area contributed by atoms with Crippen molar-refractivity contribution in [3.8, 4) is 12.1 Å². The van der Waals surface area contributed by atoms with Gasteiger partial charge in [-0.2, -0.15) is 10.5 Å². The average molecular weight is 143 g/mol. The van der Waals surface area contributed by atoms with Crippen LogP contribution in [0.25, 0.3) is 0 Å². The molecule has 0 N–H and O–H groups in total. The molecule has 0 aromatic carbocycles. The Morgan fingerprint density at radius 1 is 1.36 bits per heavy atom. The number of rotatable bonds is 0. The zero-order valence-corrected chi connectivity index (χ0v) is 6.00. The minimum absolute atomic E-state index is 0.323. The van der Waals surface area contributed by atoms with Crippen LogP contribution in [-0.2, 0) is 0 Å². The molecule has 0 saturated heterocycles. The molecule has 1 rings (SSSR count). The molecule has 0 aliphatic carbocycles. The third-order valence-corrected chi connectivity index (χ3v) is 1.43. The molecule has 3 nitrogen and oxygen atoms in total. The number of hydrogen-bond acceptors (Lipinski definition) is 3. The van der Waals surface area contributed by atoms with E-state index in [-0.39, 0.29) is 0 Å². The average Bonchev–Trinajstić information content (AvgIpc) is 2.05. The summed E-state index contributed by atoms with van der Waals surface area (Å²) in [6.07, 6.45) is 1.46. The molecular weight excluding hydrogens is 138 g/mol. The summed E-state index contributed by atoms with van der Waals surface area (Å²) in [6.45, 7) is 1.71. The number of hydrogen-bond donors (Lipinski definition) is 0.